The molecule has 0 unspecified atom stereocenters. The average Bonchev–Trinajstić information content (AvgIpc) is 3.13. The smallest absolute Gasteiger partial charge is 0.214 e. The highest BCUT2D eigenvalue weighted by Gasteiger charge is 2.10. The first kappa shape index (κ1) is 19.0. The molecule has 1 aromatic heterocycles. The molecular formula is C23H22N4OS. The van der Waals surface area contributed by atoms with Crippen LogP contribution in [0.25, 0.3) is 11.4 Å². The third-order valence-corrected chi connectivity index (χ3v) is 5.02. The SMILES string of the molecule is Cc1ccccc1COc1ccccc1CNn1c(-c2ccccc2)n[nH]c1=S. The van der Waals surface area contributed by atoms with Crippen LogP contribution in [0.15, 0.2) is 78.9 Å². The predicted octanol–water partition coefficient (Wildman–Crippen LogP) is 5.24. The number of para-hydroxylation sites is 1. The van der Waals surface area contributed by atoms with Crippen molar-refractivity contribution in [1.82, 2.24) is 14.9 Å². The maximum absolute atomic E-state index is 6.12. The molecule has 3 aromatic carbocycles. The number of hydrogen-bond acceptors (Lipinski definition) is 4. The Morgan fingerprint density at radius 1 is 0.931 bits per heavy atom. The zero-order valence-corrected chi connectivity index (χ0v) is 16.9. The number of ether oxygens (including phenoxy) is 1. The first-order chi connectivity index (χ1) is 14.2. The Bertz CT molecular complexity index is 1150. The number of benzene rings is 3. The van der Waals surface area contributed by atoms with Gasteiger partial charge >= 0.3 is 0 Å². The third kappa shape index (κ3) is 4.38. The number of rotatable bonds is 7. The molecule has 4 aromatic rings. The van der Waals surface area contributed by atoms with E-state index in [1.165, 1.54) is 11.1 Å². The van der Waals surface area contributed by atoms with Crippen LogP contribution in [0.3, 0.4) is 0 Å². The molecule has 4 rings (SSSR count). The fourth-order valence-corrected chi connectivity index (χ4v) is 3.30. The molecular weight excluding hydrogens is 380 g/mol. The number of aromatic nitrogens is 3. The molecule has 0 aliphatic rings. The lowest BCUT2D eigenvalue weighted by atomic mass is 10.1. The highest BCUT2D eigenvalue weighted by atomic mass is 32.1. The van der Waals surface area contributed by atoms with Gasteiger partial charge in [0.25, 0.3) is 0 Å². The second-order valence-electron chi connectivity index (χ2n) is 6.71. The Morgan fingerprint density at radius 3 is 2.41 bits per heavy atom. The van der Waals surface area contributed by atoms with Gasteiger partial charge in [0.05, 0.1) is 6.54 Å². The van der Waals surface area contributed by atoms with Gasteiger partial charge in [-0.25, -0.2) is 9.77 Å². The van der Waals surface area contributed by atoms with Crippen LogP contribution in [-0.2, 0) is 13.2 Å². The summed E-state index contributed by atoms with van der Waals surface area (Å²) < 4.78 is 8.43. The van der Waals surface area contributed by atoms with Crippen molar-refractivity contribution in [3.8, 4) is 17.1 Å². The lowest BCUT2D eigenvalue weighted by molar-refractivity contribution is 0.302. The summed E-state index contributed by atoms with van der Waals surface area (Å²) in [7, 11) is 0. The minimum atomic E-state index is 0.516. The topological polar surface area (TPSA) is 54.9 Å². The third-order valence-electron chi connectivity index (χ3n) is 4.75. The van der Waals surface area contributed by atoms with Crippen LogP contribution >= 0.6 is 12.2 Å². The summed E-state index contributed by atoms with van der Waals surface area (Å²) in [5.41, 5.74) is 7.79. The molecule has 0 radical (unpaired) electrons. The van der Waals surface area contributed by atoms with Crippen molar-refractivity contribution in [2.24, 2.45) is 0 Å². The van der Waals surface area contributed by atoms with Crippen molar-refractivity contribution in [2.75, 3.05) is 5.43 Å². The number of H-pyrrole nitrogens is 1. The monoisotopic (exact) mass is 402 g/mol. The van der Waals surface area contributed by atoms with E-state index in [0.29, 0.717) is 17.9 Å². The summed E-state index contributed by atoms with van der Waals surface area (Å²) in [6.45, 7) is 3.18. The number of nitrogens with one attached hydrogen (secondary N) is 2. The highest BCUT2D eigenvalue weighted by molar-refractivity contribution is 7.71. The summed E-state index contributed by atoms with van der Waals surface area (Å²) in [5, 5.41) is 7.22. The summed E-state index contributed by atoms with van der Waals surface area (Å²) >= 11 is 5.40. The molecule has 0 saturated heterocycles. The Kier molecular flexibility index (Phi) is 5.72. The molecule has 146 valence electrons. The van der Waals surface area contributed by atoms with E-state index in [9.17, 15) is 0 Å². The Morgan fingerprint density at radius 2 is 1.62 bits per heavy atom. The molecule has 5 nitrogen and oxygen atoms in total. The van der Waals surface area contributed by atoms with Crippen molar-refractivity contribution in [2.45, 2.75) is 20.1 Å². The normalized spacial score (nSPS) is 10.7. The van der Waals surface area contributed by atoms with Crippen LogP contribution in [0.2, 0.25) is 0 Å². The summed E-state index contributed by atoms with van der Waals surface area (Å²) in [4.78, 5) is 0. The minimum absolute atomic E-state index is 0.516. The van der Waals surface area contributed by atoms with Gasteiger partial charge in [0.15, 0.2) is 5.82 Å². The van der Waals surface area contributed by atoms with Crippen LogP contribution in [0.5, 0.6) is 5.75 Å². The lowest BCUT2D eigenvalue weighted by Crippen LogP contribution is -2.16. The Labute approximate surface area is 175 Å². The molecule has 0 amide bonds. The van der Waals surface area contributed by atoms with E-state index in [4.69, 9.17) is 17.0 Å². The van der Waals surface area contributed by atoms with Crippen molar-refractivity contribution in [3.63, 3.8) is 0 Å². The van der Waals surface area contributed by atoms with Crippen molar-refractivity contribution in [1.29, 1.82) is 0 Å². The lowest BCUT2D eigenvalue weighted by Gasteiger charge is -2.15. The van der Waals surface area contributed by atoms with Crippen molar-refractivity contribution >= 4 is 12.2 Å². The summed E-state index contributed by atoms with van der Waals surface area (Å²) in [6.07, 6.45) is 0. The molecule has 29 heavy (non-hydrogen) atoms. The maximum Gasteiger partial charge on any atom is 0.214 e. The molecule has 0 atom stereocenters. The van der Waals surface area contributed by atoms with E-state index in [1.807, 2.05) is 66.7 Å². The maximum atomic E-state index is 6.12. The fourth-order valence-electron chi connectivity index (χ4n) is 3.11. The Hall–Kier alpha value is -3.38. The van der Waals surface area contributed by atoms with E-state index in [0.717, 1.165) is 22.7 Å². The number of aromatic amines is 1. The zero-order valence-electron chi connectivity index (χ0n) is 16.1. The van der Waals surface area contributed by atoms with Gasteiger partial charge in [-0.3, -0.25) is 0 Å². The van der Waals surface area contributed by atoms with E-state index < -0.39 is 0 Å². The average molecular weight is 403 g/mol. The molecule has 0 aliphatic carbocycles. The molecule has 0 aliphatic heterocycles. The molecule has 0 bridgehead atoms. The highest BCUT2D eigenvalue weighted by Crippen LogP contribution is 2.21. The van der Waals surface area contributed by atoms with Crippen LogP contribution in [0.1, 0.15) is 16.7 Å². The van der Waals surface area contributed by atoms with Crippen molar-refractivity contribution in [3.05, 3.63) is 100 Å². The molecule has 1 heterocycles. The quantitative estimate of drug-likeness (QED) is 0.415. The van der Waals surface area contributed by atoms with Gasteiger partial charge in [-0.1, -0.05) is 72.8 Å². The van der Waals surface area contributed by atoms with E-state index >= 15 is 0 Å². The molecule has 6 heteroatoms. The molecule has 0 spiro atoms. The first-order valence-corrected chi connectivity index (χ1v) is 9.85. The zero-order chi connectivity index (χ0) is 20.1. The summed E-state index contributed by atoms with van der Waals surface area (Å²) in [5.74, 6) is 1.59. The van der Waals surface area contributed by atoms with Crippen LogP contribution in [0.4, 0.5) is 0 Å². The second kappa shape index (κ2) is 8.75. The largest absolute Gasteiger partial charge is 0.489 e. The van der Waals surface area contributed by atoms with Gasteiger partial charge in [0.2, 0.25) is 4.77 Å². The molecule has 2 N–H and O–H groups in total. The number of nitrogens with zero attached hydrogens (tertiary/aromatic N) is 2. The molecule has 0 fully saturated rings. The minimum Gasteiger partial charge on any atom is -0.489 e. The Balaban J connectivity index is 1.51. The second-order valence-corrected chi connectivity index (χ2v) is 7.10. The van der Waals surface area contributed by atoms with Gasteiger partial charge in [-0.15, -0.1) is 0 Å². The summed E-state index contributed by atoms with van der Waals surface area (Å²) in [6, 6.07) is 26.2. The van der Waals surface area contributed by atoms with Gasteiger partial charge in [-0.2, -0.15) is 5.10 Å². The van der Waals surface area contributed by atoms with Gasteiger partial charge < -0.3 is 10.2 Å². The standard InChI is InChI=1S/C23H22N4OS/c1-17-9-5-6-13-20(17)16-28-21-14-8-7-12-19(21)15-24-27-22(25-26-23(27)29)18-10-3-2-4-11-18/h2-14,24H,15-16H2,1H3,(H,26,29). The van der Waals surface area contributed by atoms with E-state index in [1.54, 1.807) is 4.68 Å². The fraction of sp³-hybridized carbons (Fsp3) is 0.130. The van der Waals surface area contributed by atoms with Crippen LogP contribution < -0.4 is 10.2 Å². The number of aryl methyl sites for hydroxylation is 1. The van der Waals surface area contributed by atoms with Crippen molar-refractivity contribution < 1.29 is 4.74 Å². The van der Waals surface area contributed by atoms with Gasteiger partial charge in [0.1, 0.15) is 12.4 Å². The number of hydrogen-bond donors (Lipinski definition) is 2. The van der Waals surface area contributed by atoms with Crippen LogP contribution in [-0.4, -0.2) is 14.9 Å². The van der Waals surface area contributed by atoms with E-state index in [2.05, 4.69) is 34.7 Å². The van der Waals surface area contributed by atoms with Crippen LogP contribution in [0, 0.1) is 11.7 Å². The predicted molar refractivity (Wildman–Crippen MR) is 118 cm³/mol. The van der Waals surface area contributed by atoms with Gasteiger partial charge in [-0.05, 0) is 36.3 Å². The first-order valence-electron chi connectivity index (χ1n) is 9.44. The van der Waals surface area contributed by atoms with Gasteiger partial charge in [0, 0.05) is 11.1 Å². The molecule has 0 saturated carbocycles. The van der Waals surface area contributed by atoms with E-state index in [-0.39, 0.29) is 0 Å².